The Labute approximate surface area is 144 Å². The zero-order valence-electron chi connectivity index (χ0n) is 13.9. The number of ether oxygens (including phenoxy) is 1. The van der Waals surface area contributed by atoms with Gasteiger partial charge in [-0.2, -0.15) is 0 Å². The molecule has 1 fully saturated rings. The van der Waals surface area contributed by atoms with Crippen molar-refractivity contribution in [2.24, 2.45) is 5.92 Å². The SMILES string of the molecule is CCCCCNC(=O)[C@H]1CCN(c2cccc(OC(F)(F)F)c2)C1=O. The van der Waals surface area contributed by atoms with Crippen LogP contribution in [0.4, 0.5) is 18.9 Å². The van der Waals surface area contributed by atoms with Gasteiger partial charge in [0.2, 0.25) is 11.8 Å². The number of carbonyl (C=O) groups excluding carboxylic acids is 2. The molecule has 1 aliphatic rings. The lowest BCUT2D eigenvalue weighted by Crippen LogP contribution is -2.37. The molecule has 0 spiro atoms. The minimum Gasteiger partial charge on any atom is -0.406 e. The van der Waals surface area contributed by atoms with Gasteiger partial charge in [0.1, 0.15) is 11.7 Å². The molecule has 0 aromatic heterocycles. The topological polar surface area (TPSA) is 58.6 Å². The van der Waals surface area contributed by atoms with Crippen molar-refractivity contribution in [3.8, 4) is 5.75 Å². The van der Waals surface area contributed by atoms with Crippen LogP contribution in [0, 0.1) is 5.92 Å². The fraction of sp³-hybridized carbons (Fsp3) is 0.529. The molecule has 1 N–H and O–H groups in total. The Hall–Kier alpha value is -2.25. The normalized spacial score (nSPS) is 17.7. The number of halogens is 3. The first-order valence-electron chi connectivity index (χ1n) is 8.26. The van der Waals surface area contributed by atoms with E-state index in [1.807, 2.05) is 0 Å². The Bertz CT molecular complexity index is 619. The standard InChI is InChI=1S/C17H21F3N2O3/c1-2-3-4-9-21-15(23)14-8-10-22(16(14)24)12-6-5-7-13(11-12)25-17(18,19)20/h5-7,11,14H,2-4,8-10H2,1H3,(H,21,23)/t14-/m1/s1. The van der Waals surface area contributed by atoms with Crippen LogP contribution in [-0.4, -0.2) is 31.3 Å². The summed E-state index contributed by atoms with van der Waals surface area (Å²) >= 11 is 0. The quantitative estimate of drug-likeness (QED) is 0.601. The van der Waals surface area contributed by atoms with Crippen LogP contribution in [0.2, 0.25) is 0 Å². The zero-order chi connectivity index (χ0) is 18.4. The number of alkyl halides is 3. The van der Waals surface area contributed by atoms with Gasteiger partial charge >= 0.3 is 6.36 Å². The molecular formula is C17H21F3N2O3. The second-order valence-electron chi connectivity index (χ2n) is 5.87. The van der Waals surface area contributed by atoms with Gasteiger partial charge < -0.3 is 15.0 Å². The highest BCUT2D eigenvalue weighted by molar-refractivity contribution is 6.09. The van der Waals surface area contributed by atoms with Gasteiger partial charge in [-0.25, -0.2) is 0 Å². The number of carbonyl (C=O) groups is 2. The predicted molar refractivity (Wildman–Crippen MR) is 86.1 cm³/mol. The molecule has 2 amide bonds. The number of nitrogens with zero attached hydrogens (tertiary/aromatic N) is 1. The third kappa shape index (κ3) is 5.37. The van der Waals surface area contributed by atoms with Gasteiger partial charge in [-0.3, -0.25) is 9.59 Å². The second-order valence-corrected chi connectivity index (χ2v) is 5.87. The largest absolute Gasteiger partial charge is 0.573 e. The smallest absolute Gasteiger partial charge is 0.406 e. The fourth-order valence-corrected chi connectivity index (χ4v) is 2.74. The third-order valence-electron chi connectivity index (χ3n) is 3.96. The van der Waals surface area contributed by atoms with Crippen molar-refractivity contribution in [2.45, 2.75) is 39.0 Å². The number of nitrogens with one attached hydrogen (secondary N) is 1. The third-order valence-corrected chi connectivity index (χ3v) is 3.96. The summed E-state index contributed by atoms with van der Waals surface area (Å²) in [6.45, 7) is 2.85. The molecule has 138 valence electrons. The van der Waals surface area contributed by atoms with E-state index in [0.717, 1.165) is 31.4 Å². The number of anilines is 1. The van der Waals surface area contributed by atoms with E-state index in [-0.39, 0.29) is 18.1 Å². The van der Waals surface area contributed by atoms with Crippen molar-refractivity contribution < 1.29 is 27.5 Å². The van der Waals surface area contributed by atoms with E-state index < -0.39 is 23.9 Å². The number of hydrogen-bond donors (Lipinski definition) is 1. The highest BCUT2D eigenvalue weighted by Gasteiger charge is 2.38. The predicted octanol–water partition coefficient (Wildman–Crippen LogP) is 3.24. The van der Waals surface area contributed by atoms with Crippen molar-refractivity contribution in [3.63, 3.8) is 0 Å². The molecule has 0 unspecified atom stereocenters. The number of unbranched alkanes of at least 4 members (excludes halogenated alkanes) is 2. The van der Waals surface area contributed by atoms with E-state index in [2.05, 4.69) is 17.0 Å². The molecule has 1 heterocycles. The zero-order valence-corrected chi connectivity index (χ0v) is 13.9. The van der Waals surface area contributed by atoms with Crippen LogP contribution in [-0.2, 0) is 9.59 Å². The molecule has 1 aliphatic heterocycles. The van der Waals surface area contributed by atoms with Crippen LogP contribution in [0.15, 0.2) is 24.3 Å². The molecule has 1 atom stereocenters. The minimum atomic E-state index is -4.80. The maximum absolute atomic E-state index is 12.4. The molecule has 8 heteroatoms. The van der Waals surface area contributed by atoms with Gasteiger partial charge in [0.25, 0.3) is 0 Å². The Morgan fingerprint density at radius 2 is 2.12 bits per heavy atom. The van der Waals surface area contributed by atoms with Crippen molar-refractivity contribution in [2.75, 3.05) is 18.0 Å². The highest BCUT2D eigenvalue weighted by Crippen LogP contribution is 2.30. The lowest BCUT2D eigenvalue weighted by Gasteiger charge is -2.18. The Kier molecular flexibility index (Phi) is 6.27. The molecule has 5 nitrogen and oxygen atoms in total. The van der Waals surface area contributed by atoms with E-state index >= 15 is 0 Å². The van der Waals surface area contributed by atoms with Gasteiger partial charge in [-0.05, 0) is 25.0 Å². The molecule has 1 aromatic carbocycles. The van der Waals surface area contributed by atoms with E-state index in [1.54, 1.807) is 0 Å². The molecule has 0 saturated carbocycles. The van der Waals surface area contributed by atoms with Crippen LogP contribution >= 0.6 is 0 Å². The van der Waals surface area contributed by atoms with Gasteiger partial charge in [0.05, 0.1) is 0 Å². The average Bonchev–Trinajstić information content (AvgIpc) is 2.92. The maximum atomic E-state index is 12.4. The van der Waals surface area contributed by atoms with Crippen molar-refractivity contribution in [1.82, 2.24) is 5.32 Å². The first-order valence-corrected chi connectivity index (χ1v) is 8.26. The summed E-state index contributed by atoms with van der Waals surface area (Å²) < 4.78 is 40.8. The van der Waals surface area contributed by atoms with Crippen molar-refractivity contribution in [1.29, 1.82) is 0 Å². The molecule has 25 heavy (non-hydrogen) atoms. The summed E-state index contributed by atoms with van der Waals surface area (Å²) in [6, 6.07) is 5.20. The lowest BCUT2D eigenvalue weighted by atomic mass is 10.1. The van der Waals surface area contributed by atoms with Crippen molar-refractivity contribution in [3.05, 3.63) is 24.3 Å². The Morgan fingerprint density at radius 3 is 2.80 bits per heavy atom. The molecule has 2 rings (SSSR count). The van der Waals surface area contributed by atoms with Gasteiger partial charge in [-0.15, -0.1) is 13.2 Å². The van der Waals surface area contributed by atoms with Gasteiger partial charge in [0, 0.05) is 24.8 Å². The van der Waals surface area contributed by atoms with Crippen LogP contribution in [0.25, 0.3) is 0 Å². The highest BCUT2D eigenvalue weighted by atomic mass is 19.4. The van der Waals surface area contributed by atoms with Crippen molar-refractivity contribution >= 4 is 17.5 Å². The Balaban J connectivity index is 1.99. The summed E-state index contributed by atoms with van der Waals surface area (Å²) in [7, 11) is 0. The first kappa shape index (κ1) is 19.1. The van der Waals surface area contributed by atoms with E-state index in [9.17, 15) is 22.8 Å². The molecule has 0 radical (unpaired) electrons. The second kappa shape index (κ2) is 8.22. The summed E-state index contributed by atoms with van der Waals surface area (Å²) in [5, 5.41) is 2.74. The Morgan fingerprint density at radius 1 is 1.36 bits per heavy atom. The summed E-state index contributed by atoms with van der Waals surface area (Å²) in [5.74, 6) is -1.93. The number of amides is 2. The van der Waals surface area contributed by atoms with Gasteiger partial charge in [-0.1, -0.05) is 25.8 Å². The molecule has 0 bridgehead atoms. The van der Waals surface area contributed by atoms with Crippen LogP contribution < -0.4 is 15.0 Å². The molecular weight excluding hydrogens is 337 g/mol. The van der Waals surface area contributed by atoms with E-state index in [0.29, 0.717) is 13.0 Å². The first-order chi connectivity index (χ1) is 11.8. The van der Waals surface area contributed by atoms with Crippen LogP contribution in [0.3, 0.4) is 0 Å². The molecule has 1 aromatic rings. The average molecular weight is 358 g/mol. The van der Waals surface area contributed by atoms with Gasteiger partial charge in [0.15, 0.2) is 0 Å². The fourth-order valence-electron chi connectivity index (χ4n) is 2.74. The summed E-state index contributed by atoms with van der Waals surface area (Å²) in [6.07, 6.45) is -1.58. The molecule has 1 saturated heterocycles. The van der Waals surface area contributed by atoms with Crippen LogP contribution in [0.5, 0.6) is 5.75 Å². The van der Waals surface area contributed by atoms with Crippen LogP contribution in [0.1, 0.15) is 32.6 Å². The monoisotopic (exact) mass is 358 g/mol. The minimum absolute atomic E-state index is 0.279. The summed E-state index contributed by atoms with van der Waals surface area (Å²) in [4.78, 5) is 25.9. The number of rotatable bonds is 7. The summed E-state index contributed by atoms with van der Waals surface area (Å²) in [5.41, 5.74) is 0.285. The number of hydrogen-bond acceptors (Lipinski definition) is 3. The lowest BCUT2D eigenvalue weighted by molar-refractivity contribution is -0.274. The maximum Gasteiger partial charge on any atom is 0.573 e. The molecule has 0 aliphatic carbocycles. The van der Waals surface area contributed by atoms with E-state index in [4.69, 9.17) is 0 Å². The van der Waals surface area contributed by atoms with E-state index in [1.165, 1.54) is 17.0 Å². The number of benzene rings is 1.